The van der Waals surface area contributed by atoms with E-state index in [1.54, 1.807) is 18.2 Å². The molecule has 9 heteroatoms. The number of hydrogen-bond acceptors (Lipinski definition) is 6. The average Bonchev–Trinajstić information content (AvgIpc) is 3.26. The Kier molecular flexibility index (Phi) is 7.45. The van der Waals surface area contributed by atoms with Gasteiger partial charge in [-0.3, -0.25) is 9.59 Å². The standard InChI is InChI=1S/C22H20BrN3O5/c1-29-18-8-5-16(10-20(18)30-2)22(28)24-12-21(27)26-25-11-14-9-19(31-13-14)15-3-6-17(23)7-4-15/h3-11,13H,12H2,1-2H3,(H,24,28)(H,26,27)/b25-11+. The van der Waals surface area contributed by atoms with Crippen molar-refractivity contribution in [3.05, 3.63) is 70.4 Å². The summed E-state index contributed by atoms with van der Waals surface area (Å²) in [5.74, 6) is 0.721. The van der Waals surface area contributed by atoms with Gasteiger partial charge in [0.2, 0.25) is 0 Å². The summed E-state index contributed by atoms with van der Waals surface area (Å²) in [4.78, 5) is 24.2. The molecule has 0 saturated heterocycles. The van der Waals surface area contributed by atoms with Gasteiger partial charge in [-0.1, -0.05) is 28.1 Å². The molecule has 0 atom stereocenters. The minimum absolute atomic E-state index is 0.236. The average molecular weight is 486 g/mol. The summed E-state index contributed by atoms with van der Waals surface area (Å²) in [5, 5.41) is 6.41. The molecule has 8 nitrogen and oxygen atoms in total. The van der Waals surface area contributed by atoms with E-state index in [9.17, 15) is 9.59 Å². The summed E-state index contributed by atoms with van der Waals surface area (Å²) in [5.41, 5.74) is 4.31. The second-order valence-electron chi connectivity index (χ2n) is 6.30. The molecule has 1 aromatic heterocycles. The lowest BCUT2D eigenvalue weighted by Crippen LogP contribution is -2.34. The number of carbonyl (C=O) groups is 2. The number of nitrogens with one attached hydrogen (secondary N) is 2. The Hall–Kier alpha value is -3.59. The number of amides is 2. The second kappa shape index (κ2) is 10.4. The molecular weight excluding hydrogens is 466 g/mol. The van der Waals surface area contributed by atoms with Crippen molar-refractivity contribution in [2.24, 2.45) is 5.10 Å². The Labute approximate surface area is 187 Å². The zero-order valence-electron chi connectivity index (χ0n) is 16.8. The van der Waals surface area contributed by atoms with Crippen molar-refractivity contribution in [1.82, 2.24) is 10.7 Å². The highest BCUT2D eigenvalue weighted by molar-refractivity contribution is 9.10. The lowest BCUT2D eigenvalue weighted by Gasteiger charge is -2.09. The van der Waals surface area contributed by atoms with Crippen molar-refractivity contribution in [3.63, 3.8) is 0 Å². The van der Waals surface area contributed by atoms with Crippen LogP contribution in [0.15, 0.2) is 68.8 Å². The number of methoxy groups -OCH3 is 2. The summed E-state index contributed by atoms with van der Waals surface area (Å²) in [6.45, 7) is -0.236. The van der Waals surface area contributed by atoms with Crippen molar-refractivity contribution in [2.75, 3.05) is 20.8 Å². The van der Waals surface area contributed by atoms with E-state index >= 15 is 0 Å². The molecule has 2 N–H and O–H groups in total. The third kappa shape index (κ3) is 5.95. The van der Waals surface area contributed by atoms with E-state index < -0.39 is 11.8 Å². The van der Waals surface area contributed by atoms with Crippen molar-refractivity contribution in [3.8, 4) is 22.8 Å². The lowest BCUT2D eigenvalue weighted by atomic mass is 10.1. The highest BCUT2D eigenvalue weighted by Crippen LogP contribution is 2.27. The van der Waals surface area contributed by atoms with E-state index in [0.717, 1.165) is 10.0 Å². The summed E-state index contributed by atoms with van der Waals surface area (Å²) in [6, 6.07) is 14.2. The number of hydrazone groups is 1. The van der Waals surface area contributed by atoms with Crippen LogP contribution >= 0.6 is 15.9 Å². The molecule has 1 heterocycles. The first-order valence-electron chi connectivity index (χ1n) is 9.16. The van der Waals surface area contributed by atoms with Crippen molar-refractivity contribution < 1.29 is 23.5 Å². The fraction of sp³-hybridized carbons (Fsp3) is 0.136. The second-order valence-corrected chi connectivity index (χ2v) is 7.21. The van der Waals surface area contributed by atoms with Gasteiger partial charge in [0.25, 0.3) is 11.8 Å². The molecule has 160 valence electrons. The number of carbonyl (C=O) groups excluding carboxylic acids is 2. The number of benzene rings is 2. The number of ether oxygens (including phenoxy) is 2. The zero-order chi connectivity index (χ0) is 22.2. The van der Waals surface area contributed by atoms with Crippen molar-refractivity contribution >= 4 is 34.0 Å². The quantitative estimate of drug-likeness (QED) is 0.374. The van der Waals surface area contributed by atoms with Crippen LogP contribution in [0.5, 0.6) is 11.5 Å². The summed E-state index contributed by atoms with van der Waals surface area (Å²) < 4.78 is 16.8. The molecule has 0 aliphatic heterocycles. The third-order valence-electron chi connectivity index (χ3n) is 4.21. The molecule has 0 radical (unpaired) electrons. The molecule has 0 aliphatic rings. The van der Waals surface area contributed by atoms with Crippen molar-refractivity contribution in [1.29, 1.82) is 0 Å². The van der Waals surface area contributed by atoms with E-state index in [-0.39, 0.29) is 6.54 Å². The minimum atomic E-state index is -0.471. The van der Waals surface area contributed by atoms with Crippen LogP contribution in [0.2, 0.25) is 0 Å². The van der Waals surface area contributed by atoms with Crippen LogP contribution in [-0.2, 0) is 4.79 Å². The molecule has 0 unspecified atom stereocenters. The minimum Gasteiger partial charge on any atom is -0.493 e. The molecule has 0 fully saturated rings. The Balaban J connectivity index is 1.49. The number of furan rings is 1. The maximum Gasteiger partial charge on any atom is 0.259 e. The maximum absolute atomic E-state index is 12.2. The highest BCUT2D eigenvalue weighted by Gasteiger charge is 2.12. The van der Waals surface area contributed by atoms with Crippen LogP contribution in [-0.4, -0.2) is 38.8 Å². The number of rotatable bonds is 8. The van der Waals surface area contributed by atoms with Gasteiger partial charge in [-0.25, -0.2) is 5.43 Å². The molecule has 3 rings (SSSR count). The van der Waals surface area contributed by atoms with Gasteiger partial charge in [0.05, 0.1) is 27.0 Å². The van der Waals surface area contributed by atoms with Crippen LogP contribution in [0.4, 0.5) is 0 Å². The van der Waals surface area contributed by atoms with Gasteiger partial charge in [-0.15, -0.1) is 0 Å². The van der Waals surface area contributed by atoms with Crippen LogP contribution < -0.4 is 20.2 Å². The molecule has 0 bridgehead atoms. The Morgan fingerprint density at radius 2 is 1.81 bits per heavy atom. The van der Waals surface area contributed by atoms with Gasteiger partial charge in [-0.2, -0.15) is 5.10 Å². The van der Waals surface area contributed by atoms with Crippen molar-refractivity contribution in [2.45, 2.75) is 0 Å². The normalized spacial score (nSPS) is 10.7. The number of halogens is 1. The van der Waals surface area contributed by atoms with E-state index in [2.05, 4.69) is 31.8 Å². The fourth-order valence-corrected chi connectivity index (χ4v) is 2.91. The predicted octanol–water partition coefficient (Wildman–Crippen LogP) is 3.61. The van der Waals surface area contributed by atoms with Gasteiger partial charge in [0, 0.05) is 21.2 Å². The van der Waals surface area contributed by atoms with Crippen LogP contribution in [0, 0.1) is 0 Å². The first-order valence-corrected chi connectivity index (χ1v) is 9.96. The van der Waals surface area contributed by atoms with Crippen LogP contribution in [0.1, 0.15) is 15.9 Å². The number of nitrogens with zero attached hydrogens (tertiary/aromatic N) is 1. The first kappa shape index (κ1) is 22.1. The van der Waals surface area contributed by atoms with Gasteiger partial charge in [0.1, 0.15) is 12.0 Å². The van der Waals surface area contributed by atoms with Gasteiger partial charge in [-0.05, 0) is 36.4 Å². The molecule has 0 saturated carbocycles. The zero-order valence-corrected chi connectivity index (χ0v) is 18.4. The largest absolute Gasteiger partial charge is 0.493 e. The predicted molar refractivity (Wildman–Crippen MR) is 119 cm³/mol. The smallest absolute Gasteiger partial charge is 0.259 e. The molecule has 2 amide bonds. The highest BCUT2D eigenvalue weighted by atomic mass is 79.9. The van der Waals surface area contributed by atoms with Crippen LogP contribution in [0.25, 0.3) is 11.3 Å². The first-order chi connectivity index (χ1) is 15.0. The Morgan fingerprint density at radius 1 is 1.06 bits per heavy atom. The van der Waals surface area contributed by atoms with Gasteiger partial charge in [0.15, 0.2) is 11.5 Å². The van der Waals surface area contributed by atoms with E-state index in [0.29, 0.717) is 28.4 Å². The molecule has 0 aliphatic carbocycles. The Morgan fingerprint density at radius 3 is 2.52 bits per heavy atom. The van der Waals surface area contributed by atoms with Gasteiger partial charge >= 0.3 is 0 Å². The fourth-order valence-electron chi connectivity index (χ4n) is 2.64. The summed E-state index contributed by atoms with van der Waals surface area (Å²) in [7, 11) is 2.99. The topological polar surface area (TPSA) is 102 Å². The third-order valence-corrected chi connectivity index (χ3v) is 4.74. The van der Waals surface area contributed by atoms with E-state index in [1.807, 2.05) is 24.3 Å². The molecule has 31 heavy (non-hydrogen) atoms. The molecule has 3 aromatic rings. The lowest BCUT2D eigenvalue weighted by molar-refractivity contribution is -0.120. The van der Waals surface area contributed by atoms with Gasteiger partial charge < -0.3 is 19.2 Å². The van der Waals surface area contributed by atoms with E-state index in [4.69, 9.17) is 13.9 Å². The Bertz CT molecular complexity index is 1090. The van der Waals surface area contributed by atoms with Crippen LogP contribution in [0.3, 0.4) is 0 Å². The maximum atomic E-state index is 12.2. The molecular formula is C22H20BrN3O5. The van der Waals surface area contributed by atoms with E-state index in [1.165, 1.54) is 32.8 Å². The number of hydrogen-bond donors (Lipinski definition) is 2. The monoisotopic (exact) mass is 485 g/mol. The molecule has 2 aromatic carbocycles. The summed E-state index contributed by atoms with van der Waals surface area (Å²) in [6.07, 6.45) is 2.99. The SMILES string of the molecule is COc1ccc(C(=O)NCC(=O)N/N=C/c2coc(-c3ccc(Br)cc3)c2)cc1OC. The molecule has 0 spiro atoms. The summed E-state index contributed by atoms with van der Waals surface area (Å²) >= 11 is 3.39.